The zero-order valence-corrected chi connectivity index (χ0v) is 18.6. The van der Waals surface area contributed by atoms with Crippen molar-refractivity contribution in [2.45, 2.75) is 65.1 Å². The second-order valence-electron chi connectivity index (χ2n) is 9.40. The van der Waals surface area contributed by atoms with E-state index < -0.39 is 5.60 Å². The Morgan fingerprint density at radius 2 is 1.82 bits per heavy atom. The molecule has 5 nitrogen and oxygen atoms in total. The summed E-state index contributed by atoms with van der Waals surface area (Å²) in [5.74, 6) is 0.720. The number of rotatable bonds is 7. The summed E-state index contributed by atoms with van der Waals surface area (Å²) in [6.07, 6.45) is 2.13. The standard InChI is InChI=1S/C23H39N3O2/c1-18(2)26-14-12-19(13-15-26)16-25(6)17-21(20-10-8-7-9-11-20)24-22(27)28-23(3,4)5/h7-11,18-19,21H,12-17H2,1-6H3,(H,24,27). The normalized spacial score (nSPS) is 17.7. The van der Waals surface area contributed by atoms with Gasteiger partial charge >= 0.3 is 6.09 Å². The molecule has 1 unspecified atom stereocenters. The quantitative estimate of drug-likeness (QED) is 0.755. The summed E-state index contributed by atoms with van der Waals surface area (Å²) in [5.41, 5.74) is 0.608. The number of likely N-dealkylation sites (tertiary alicyclic amines) is 1. The van der Waals surface area contributed by atoms with Gasteiger partial charge in [0.25, 0.3) is 0 Å². The summed E-state index contributed by atoms with van der Waals surface area (Å²) >= 11 is 0. The third kappa shape index (κ3) is 7.80. The molecular formula is C23H39N3O2. The molecule has 0 saturated carbocycles. The Bertz CT molecular complexity index is 590. The van der Waals surface area contributed by atoms with Gasteiger partial charge in [-0.1, -0.05) is 30.3 Å². The Morgan fingerprint density at radius 1 is 1.21 bits per heavy atom. The number of alkyl carbamates (subject to hydrolysis) is 1. The van der Waals surface area contributed by atoms with Crippen LogP contribution in [0.5, 0.6) is 0 Å². The predicted molar refractivity (Wildman–Crippen MR) is 115 cm³/mol. The first-order valence-electron chi connectivity index (χ1n) is 10.6. The van der Waals surface area contributed by atoms with E-state index in [4.69, 9.17) is 4.74 Å². The first-order valence-corrected chi connectivity index (χ1v) is 10.6. The van der Waals surface area contributed by atoms with Gasteiger partial charge in [0.1, 0.15) is 5.60 Å². The van der Waals surface area contributed by atoms with Crippen LogP contribution in [0.15, 0.2) is 30.3 Å². The molecule has 1 N–H and O–H groups in total. The van der Waals surface area contributed by atoms with Gasteiger partial charge in [-0.2, -0.15) is 0 Å². The Hall–Kier alpha value is -1.59. The largest absolute Gasteiger partial charge is 0.444 e. The van der Waals surface area contributed by atoms with Crippen molar-refractivity contribution in [2.24, 2.45) is 5.92 Å². The third-order valence-electron chi connectivity index (χ3n) is 5.34. The van der Waals surface area contributed by atoms with Crippen LogP contribution in [-0.4, -0.2) is 60.8 Å². The minimum absolute atomic E-state index is 0.0863. The highest BCUT2D eigenvalue weighted by Gasteiger charge is 2.25. The highest BCUT2D eigenvalue weighted by Crippen LogP contribution is 2.21. The van der Waals surface area contributed by atoms with Crippen molar-refractivity contribution in [2.75, 3.05) is 33.2 Å². The highest BCUT2D eigenvalue weighted by molar-refractivity contribution is 5.68. The van der Waals surface area contributed by atoms with E-state index in [1.807, 2.05) is 39.0 Å². The van der Waals surface area contributed by atoms with E-state index in [1.165, 1.54) is 25.9 Å². The van der Waals surface area contributed by atoms with Gasteiger partial charge in [-0.3, -0.25) is 0 Å². The van der Waals surface area contributed by atoms with E-state index >= 15 is 0 Å². The molecule has 0 aromatic heterocycles. The average molecular weight is 390 g/mol. The monoisotopic (exact) mass is 389 g/mol. The van der Waals surface area contributed by atoms with Crippen LogP contribution < -0.4 is 5.32 Å². The molecule has 0 radical (unpaired) electrons. The van der Waals surface area contributed by atoms with E-state index in [9.17, 15) is 4.79 Å². The lowest BCUT2D eigenvalue weighted by Gasteiger charge is -2.36. The zero-order valence-electron chi connectivity index (χ0n) is 18.6. The van der Waals surface area contributed by atoms with Crippen molar-refractivity contribution in [3.8, 4) is 0 Å². The molecule has 1 amide bonds. The Labute approximate surface area is 171 Å². The molecule has 2 rings (SSSR count). The van der Waals surface area contributed by atoms with Crippen molar-refractivity contribution in [3.05, 3.63) is 35.9 Å². The van der Waals surface area contributed by atoms with Gasteiger partial charge in [-0.15, -0.1) is 0 Å². The van der Waals surface area contributed by atoms with Crippen molar-refractivity contribution in [1.82, 2.24) is 15.1 Å². The summed E-state index contributed by atoms with van der Waals surface area (Å²) in [6, 6.07) is 10.7. The SMILES string of the molecule is CC(C)N1CCC(CN(C)CC(NC(=O)OC(C)(C)C)c2ccccc2)CC1. The van der Waals surface area contributed by atoms with Crippen LogP contribution in [0.1, 0.15) is 59.1 Å². The molecule has 0 aliphatic carbocycles. The molecule has 1 aromatic rings. The Morgan fingerprint density at radius 3 is 2.36 bits per heavy atom. The highest BCUT2D eigenvalue weighted by atomic mass is 16.6. The first kappa shape index (κ1) is 22.7. The minimum atomic E-state index is -0.498. The fourth-order valence-electron chi connectivity index (χ4n) is 3.85. The van der Waals surface area contributed by atoms with Crippen molar-refractivity contribution in [3.63, 3.8) is 0 Å². The molecule has 1 aliphatic heterocycles. The average Bonchev–Trinajstić information content (AvgIpc) is 2.60. The number of ether oxygens (including phenoxy) is 1. The Kier molecular flexibility index (Phi) is 8.32. The van der Waals surface area contributed by atoms with Gasteiger partial charge in [0.15, 0.2) is 0 Å². The zero-order chi connectivity index (χ0) is 20.7. The molecule has 0 bridgehead atoms. The number of carbonyl (C=O) groups is 1. The molecule has 1 atom stereocenters. The summed E-state index contributed by atoms with van der Waals surface area (Å²) in [7, 11) is 2.15. The fourth-order valence-corrected chi connectivity index (χ4v) is 3.85. The number of piperidine rings is 1. The summed E-state index contributed by atoms with van der Waals surface area (Å²) < 4.78 is 5.48. The van der Waals surface area contributed by atoms with Crippen LogP contribution >= 0.6 is 0 Å². The molecule has 1 fully saturated rings. The molecule has 28 heavy (non-hydrogen) atoms. The predicted octanol–water partition coefficient (Wildman–Crippen LogP) is 4.30. The van der Waals surface area contributed by atoms with Gasteiger partial charge in [-0.05, 0) is 79.1 Å². The Balaban J connectivity index is 1.93. The number of hydrogen-bond donors (Lipinski definition) is 1. The molecular weight excluding hydrogens is 350 g/mol. The van der Waals surface area contributed by atoms with Crippen molar-refractivity contribution in [1.29, 1.82) is 0 Å². The van der Waals surface area contributed by atoms with E-state index in [2.05, 4.69) is 48.1 Å². The molecule has 5 heteroatoms. The molecule has 1 aromatic carbocycles. The summed E-state index contributed by atoms with van der Waals surface area (Å²) in [6.45, 7) is 14.4. The van der Waals surface area contributed by atoms with Crippen molar-refractivity contribution >= 4 is 6.09 Å². The number of nitrogens with zero attached hydrogens (tertiary/aromatic N) is 2. The lowest BCUT2D eigenvalue weighted by Crippen LogP contribution is -2.43. The van der Waals surface area contributed by atoms with Crippen LogP contribution in [0.25, 0.3) is 0 Å². The van der Waals surface area contributed by atoms with Gasteiger partial charge < -0.3 is 19.9 Å². The fraction of sp³-hybridized carbons (Fsp3) is 0.696. The van der Waals surface area contributed by atoms with E-state index in [1.54, 1.807) is 0 Å². The smallest absolute Gasteiger partial charge is 0.408 e. The number of hydrogen-bond acceptors (Lipinski definition) is 4. The number of amides is 1. The van der Waals surface area contributed by atoms with Crippen LogP contribution in [0, 0.1) is 5.92 Å². The lowest BCUT2D eigenvalue weighted by molar-refractivity contribution is 0.0489. The van der Waals surface area contributed by atoms with Crippen LogP contribution in [-0.2, 0) is 4.74 Å². The number of carbonyl (C=O) groups excluding carboxylic acids is 1. The van der Waals surface area contributed by atoms with Crippen LogP contribution in [0.2, 0.25) is 0 Å². The number of nitrogens with one attached hydrogen (secondary N) is 1. The van der Waals surface area contributed by atoms with Crippen LogP contribution in [0.3, 0.4) is 0 Å². The maximum absolute atomic E-state index is 12.4. The van der Waals surface area contributed by atoms with Gasteiger partial charge in [0, 0.05) is 19.1 Å². The van der Waals surface area contributed by atoms with Gasteiger partial charge in [-0.25, -0.2) is 4.79 Å². The van der Waals surface area contributed by atoms with Gasteiger partial charge in [0.05, 0.1) is 6.04 Å². The molecule has 1 saturated heterocycles. The second-order valence-corrected chi connectivity index (χ2v) is 9.40. The first-order chi connectivity index (χ1) is 13.1. The van der Waals surface area contributed by atoms with Gasteiger partial charge in [0.2, 0.25) is 0 Å². The number of likely N-dealkylation sites (N-methyl/N-ethyl adjacent to an activating group) is 1. The van der Waals surface area contributed by atoms with E-state index in [0.717, 1.165) is 24.6 Å². The maximum atomic E-state index is 12.4. The summed E-state index contributed by atoms with van der Waals surface area (Å²) in [4.78, 5) is 17.3. The molecule has 158 valence electrons. The van der Waals surface area contributed by atoms with E-state index in [-0.39, 0.29) is 12.1 Å². The summed E-state index contributed by atoms with van der Waals surface area (Å²) in [5, 5.41) is 3.07. The minimum Gasteiger partial charge on any atom is -0.444 e. The number of benzene rings is 1. The molecule has 0 spiro atoms. The molecule has 1 aliphatic rings. The second kappa shape index (κ2) is 10.3. The maximum Gasteiger partial charge on any atom is 0.408 e. The molecule has 1 heterocycles. The van der Waals surface area contributed by atoms with Crippen molar-refractivity contribution < 1.29 is 9.53 Å². The van der Waals surface area contributed by atoms with E-state index in [0.29, 0.717) is 6.04 Å². The third-order valence-corrected chi connectivity index (χ3v) is 5.34. The lowest BCUT2D eigenvalue weighted by atomic mass is 9.95. The van der Waals surface area contributed by atoms with Crippen LogP contribution in [0.4, 0.5) is 4.79 Å². The topological polar surface area (TPSA) is 44.8 Å².